The second kappa shape index (κ2) is 9.64. The number of ether oxygens (including phenoxy) is 2. The van der Waals surface area contributed by atoms with Gasteiger partial charge in [-0.15, -0.1) is 0 Å². The van der Waals surface area contributed by atoms with Gasteiger partial charge in [0.1, 0.15) is 17.9 Å². The van der Waals surface area contributed by atoms with Crippen molar-refractivity contribution < 1.29 is 23.2 Å². The summed E-state index contributed by atoms with van der Waals surface area (Å²) in [7, 11) is 0. The number of carbonyl (C=O) groups excluding carboxylic acids is 1. The largest absolute Gasteiger partial charge is 0.494 e. The molecule has 33 heavy (non-hydrogen) atoms. The number of benzene rings is 1. The second-order valence-electron chi connectivity index (χ2n) is 7.35. The summed E-state index contributed by atoms with van der Waals surface area (Å²) in [6.45, 7) is 6.12. The van der Waals surface area contributed by atoms with Gasteiger partial charge in [-0.05, 0) is 50.6 Å². The summed E-state index contributed by atoms with van der Waals surface area (Å²) in [5, 5.41) is 4.58. The van der Waals surface area contributed by atoms with Gasteiger partial charge in [-0.3, -0.25) is 9.78 Å². The summed E-state index contributed by atoms with van der Waals surface area (Å²) in [6, 6.07) is 8.83. The molecule has 0 atom stereocenters. The number of carbonyl (C=O) groups is 1. The highest BCUT2D eigenvalue weighted by molar-refractivity contribution is 5.85. The van der Waals surface area contributed by atoms with Crippen molar-refractivity contribution in [3.8, 4) is 28.6 Å². The second-order valence-corrected chi connectivity index (χ2v) is 7.35. The van der Waals surface area contributed by atoms with Crippen LogP contribution < -0.4 is 10.4 Å². The molecule has 0 unspecified atom stereocenters. The lowest BCUT2D eigenvalue weighted by atomic mass is 10.1. The molecule has 0 aliphatic heterocycles. The van der Waals surface area contributed by atoms with Gasteiger partial charge in [0.15, 0.2) is 5.58 Å². The maximum Gasteiger partial charge on any atom is 0.349 e. The van der Waals surface area contributed by atoms with Crippen molar-refractivity contribution in [3.05, 3.63) is 58.2 Å². The summed E-state index contributed by atoms with van der Waals surface area (Å²) in [5.74, 6) is 0.780. The average molecular weight is 449 g/mol. The Labute approximate surface area is 189 Å². The first-order valence-electron chi connectivity index (χ1n) is 10.7. The van der Waals surface area contributed by atoms with Crippen LogP contribution in [0.4, 0.5) is 0 Å². The molecule has 9 nitrogen and oxygen atoms in total. The minimum Gasteiger partial charge on any atom is -0.494 e. The third-order valence-corrected chi connectivity index (χ3v) is 4.96. The van der Waals surface area contributed by atoms with Crippen LogP contribution in [0.15, 0.2) is 50.3 Å². The Bertz CT molecular complexity index is 1340. The highest BCUT2D eigenvalue weighted by Crippen LogP contribution is 2.27. The lowest BCUT2D eigenvalue weighted by Gasteiger charge is -2.09. The fourth-order valence-corrected chi connectivity index (χ4v) is 3.30. The van der Waals surface area contributed by atoms with Crippen molar-refractivity contribution in [1.29, 1.82) is 0 Å². The summed E-state index contributed by atoms with van der Waals surface area (Å²) in [5.41, 5.74) is 1.66. The van der Waals surface area contributed by atoms with Crippen molar-refractivity contribution in [1.82, 2.24) is 15.1 Å². The van der Waals surface area contributed by atoms with E-state index >= 15 is 0 Å². The van der Waals surface area contributed by atoms with E-state index in [0.29, 0.717) is 53.1 Å². The van der Waals surface area contributed by atoms with Crippen molar-refractivity contribution >= 4 is 16.9 Å². The SMILES string of the molecule is CCCC(=O)OCc1cnc(C)c2oc(=O)c(-c3nc(-c4ccc(OCC)cc4)no3)cc12. The number of aromatic nitrogens is 3. The molecule has 4 aromatic rings. The molecule has 1 aromatic carbocycles. The molecule has 3 heterocycles. The number of pyridine rings is 1. The van der Waals surface area contributed by atoms with Gasteiger partial charge in [0.05, 0.1) is 12.3 Å². The third kappa shape index (κ3) is 4.77. The normalized spacial score (nSPS) is 11.0. The first kappa shape index (κ1) is 22.2. The predicted molar refractivity (Wildman–Crippen MR) is 120 cm³/mol. The lowest BCUT2D eigenvalue weighted by molar-refractivity contribution is -0.144. The number of esters is 1. The van der Waals surface area contributed by atoms with Crippen LogP contribution in [0.25, 0.3) is 33.8 Å². The van der Waals surface area contributed by atoms with Crippen LogP contribution in [-0.2, 0) is 16.1 Å². The summed E-state index contributed by atoms with van der Waals surface area (Å²) < 4.78 is 21.7. The van der Waals surface area contributed by atoms with E-state index in [0.717, 1.165) is 5.75 Å². The molecule has 0 fully saturated rings. The molecule has 0 saturated heterocycles. The molecule has 0 N–H and O–H groups in total. The number of rotatable bonds is 8. The Hall–Kier alpha value is -4.01. The third-order valence-electron chi connectivity index (χ3n) is 4.96. The van der Waals surface area contributed by atoms with Gasteiger partial charge in [-0.1, -0.05) is 12.1 Å². The van der Waals surface area contributed by atoms with Crippen LogP contribution in [0.1, 0.15) is 37.9 Å². The minimum absolute atomic E-state index is 0.0110. The van der Waals surface area contributed by atoms with Crippen LogP contribution in [0.5, 0.6) is 5.75 Å². The van der Waals surface area contributed by atoms with E-state index in [9.17, 15) is 9.59 Å². The quantitative estimate of drug-likeness (QED) is 0.359. The number of aryl methyl sites for hydroxylation is 1. The molecule has 0 aliphatic rings. The molecule has 170 valence electrons. The van der Waals surface area contributed by atoms with Crippen LogP contribution in [0.2, 0.25) is 0 Å². The topological polar surface area (TPSA) is 118 Å². The Kier molecular flexibility index (Phi) is 6.48. The van der Waals surface area contributed by atoms with Crippen molar-refractivity contribution in [2.24, 2.45) is 0 Å². The van der Waals surface area contributed by atoms with Gasteiger partial charge in [-0.2, -0.15) is 4.98 Å². The molecular formula is C24H23N3O6. The maximum absolute atomic E-state index is 12.7. The molecule has 0 bridgehead atoms. The Morgan fingerprint density at radius 3 is 2.67 bits per heavy atom. The van der Waals surface area contributed by atoms with Crippen LogP contribution in [0, 0.1) is 6.92 Å². The summed E-state index contributed by atoms with van der Waals surface area (Å²) in [6.07, 6.45) is 2.62. The Morgan fingerprint density at radius 2 is 1.94 bits per heavy atom. The molecule has 0 radical (unpaired) electrons. The highest BCUT2D eigenvalue weighted by atomic mass is 16.5. The van der Waals surface area contributed by atoms with Gasteiger partial charge in [0.2, 0.25) is 5.82 Å². The number of hydrogen-bond acceptors (Lipinski definition) is 9. The molecule has 4 rings (SSSR count). The van der Waals surface area contributed by atoms with Gasteiger partial charge < -0.3 is 18.4 Å². The summed E-state index contributed by atoms with van der Waals surface area (Å²) >= 11 is 0. The van der Waals surface area contributed by atoms with E-state index in [2.05, 4.69) is 15.1 Å². The summed E-state index contributed by atoms with van der Waals surface area (Å²) in [4.78, 5) is 33.1. The smallest absolute Gasteiger partial charge is 0.349 e. The Morgan fingerprint density at radius 1 is 1.15 bits per heavy atom. The molecule has 0 amide bonds. The fourth-order valence-electron chi connectivity index (χ4n) is 3.30. The van der Waals surface area contributed by atoms with Gasteiger partial charge in [0.25, 0.3) is 5.89 Å². The van der Waals surface area contributed by atoms with E-state index in [1.165, 1.54) is 0 Å². The van der Waals surface area contributed by atoms with Crippen molar-refractivity contribution in [2.45, 2.75) is 40.2 Å². The van der Waals surface area contributed by atoms with E-state index in [1.807, 2.05) is 13.8 Å². The van der Waals surface area contributed by atoms with Crippen LogP contribution in [0.3, 0.4) is 0 Å². The predicted octanol–water partition coefficient (Wildman–Crippen LogP) is 4.46. The lowest BCUT2D eigenvalue weighted by Crippen LogP contribution is -2.07. The van der Waals surface area contributed by atoms with Crippen molar-refractivity contribution in [2.75, 3.05) is 6.61 Å². The average Bonchev–Trinajstić information content (AvgIpc) is 3.29. The van der Waals surface area contributed by atoms with E-state index in [4.69, 9.17) is 18.4 Å². The number of fused-ring (bicyclic) bond motifs is 1. The zero-order valence-corrected chi connectivity index (χ0v) is 18.6. The van der Waals surface area contributed by atoms with Crippen molar-refractivity contribution in [3.63, 3.8) is 0 Å². The zero-order valence-electron chi connectivity index (χ0n) is 18.6. The Balaban J connectivity index is 1.69. The molecule has 9 heteroatoms. The highest BCUT2D eigenvalue weighted by Gasteiger charge is 2.19. The van der Waals surface area contributed by atoms with Crippen LogP contribution in [-0.4, -0.2) is 27.7 Å². The first-order valence-corrected chi connectivity index (χ1v) is 10.7. The molecule has 3 aromatic heterocycles. The molecule has 0 saturated carbocycles. The number of hydrogen-bond donors (Lipinski definition) is 0. The van der Waals surface area contributed by atoms with Gasteiger partial charge >= 0.3 is 11.6 Å². The van der Waals surface area contributed by atoms with Gasteiger partial charge in [0, 0.05) is 29.1 Å². The number of nitrogens with zero attached hydrogens (tertiary/aromatic N) is 3. The molecule has 0 aliphatic carbocycles. The van der Waals surface area contributed by atoms with E-state index in [1.54, 1.807) is 43.5 Å². The van der Waals surface area contributed by atoms with E-state index < -0.39 is 5.63 Å². The van der Waals surface area contributed by atoms with E-state index in [-0.39, 0.29) is 24.0 Å². The fraction of sp³-hybridized carbons (Fsp3) is 0.292. The molecular weight excluding hydrogens is 426 g/mol. The minimum atomic E-state index is -0.630. The maximum atomic E-state index is 12.7. The van der Waals surface area contributed by atoms with Gasteiger partial charge in [-0.25, -0.2) is 4.79 Å². The standard InChI is InChI=1S/C24H23N3O6/c1-4-6-20(28)31-13-16-12-25-14(3)21-18(16)11-19(24(29)32-21)23-26-22(27-33-23)15-7-9-17(10-8-15)30-5-2/h7-12H,4-6,13H2,1-3H3. The van der Waals surface area contributed by atoms with Crippen LogP contribution >= 0.6 is 0 Å². The first-order chi connectivity index (χ1) is 16.0. The zero-order chi connectivity index (χ0) is 23.4. The monoisotopic (exact) mass is 449 g/mol. The molecule has 0 spiro atoms.